The number of aryl methyl sites for hydroxylation is 1. The first-order valence-electron chi connectivity index (χ1n) is 7.83. The summed E-state index contributed by atoms with van der Waals surface area (Å²) >= 11 is 0. The average Bonchev–Trinajstić information content (AvgIpc) is 2.52. The zero-order valence-corrected chi connectivity index (χ0v) is 14.0. The van der Waals surface area contributed by atoms with Crippen molar-refractivity contribution in [2.45, 2.75) is 33.7 Å². The first-order valence-corrected chi connectivity index (χ1v) is 7.83. The summed E-state index contributed by atoms with van der Waals surface area (Å²) < 4.78 is 0. The lowest BCUT2D eigenvalue weighted by Crippen LogP contribution is -2.44. The summed E-state index contributed by atoms with van der Waals surface area (Å²) in [6.45, 7) is 10.7. The maximum Gasteiger partial charge on any atom is 0.251 e. The van der Waals surface area contributed by atoms with Crippen LogP contribution in [0.3, 0.4) is 0 Å². The highest BCUT2D eigenvalue weighted by molar-refractivity contribution is 5.96. The Morgan fingerprint density at radius 1 is 1.09 bits per heavy atom. The van der Waals surface area contributed by atoms with E-state index in [1.54, 1.807) is 12.1 Å². The van der Waals surface area contributed by atoms with Gasteiger partial charge in [0.2, 0.25) is 5.91 Å². The first-order chi connectivity index (χ1) is 10.5. The Balaban J connectivity index is 2.34. The largest absolute Gasteiger partial charge is 0.353 e. The molecule has 1 aromatic rings. The van der Waals surface area contributed by atoms with Gasteiger partial charge in [0.25, 0.3) is 5.91 Å². The molecule has 0 aliphatic rings. The molecule has 2 amide bonds. The van der Waals surface area contributed by atoms with Crippen LogP contribution in [0.25, 0.3) is 0 Å². The van der Waals surface area contributed by atoms with Crippen molar-refractivity contribution in [3.8, 4) is 0 Å². The van der Waals surface area contributed by atoms with Gasteiger partial charge in [-0.25, -0.2) is 0 Å². The molecule has 0 spiro atoms. The lowest BCUT2D eigenvalue weighted by molar-refractivity contribution is -0.120. The number of hydrogen-bond acceptors (Lipinski definition) is 3. The van der Waals surface area contributed by atoms with Crippen molar-refractivity contribution in [3.63, 3.8) is 0 Å². The molecule has 1 unspecified atom stereocenters. The normalized spacial score (nSPS) is 12.0. The van der Waals surface area contributed by atoms with Crippen molar-refractivity contribution in [1.29, 1.82) is 0 Å². The van der Waals surface area contributed by atoms with Gasteiger partial charge in [-0.2, -0.15) is 0 Å². The second-order valence-corrected chi connectivity index (χ2v) is 5.42. The molecular formula is C17H27N3O2. The van der Waals surface area contributed by atoms with Crippen molar-refractivity contribution >= 4 is 11.8 Å². The number of benzene rings is 1. The number of likely N-dealkylation sites (N-methyl/N-ethyl adjacent to an activating group) is 1. The molecule has 0 aliphatic heterocycles. The van der Waals surface area contributed by atoms with Gasteiger partial charge in [0.1, 0.15) is 0 Å². The van der Waals surface area contributed by atoms with Crippen molar-refractivity contribution in [2.75, 3.05) is 26.2 Å². The lowest BCUT2D eigenvalue weighted by Gasteiger charge is -2.26. The molecule has 5 heteroatoms. The van der Waals surface area contributed by atoms with E-state index < -0.39 is 0 Å². The van der Waals surface area contributed by atoms with Crippen LogP contribution in [0.1, 0.15) is 36.7 Å². The molecule has 5 nitrogen and oxygen atoms in total. The second-order valence-electron chi connectivity index (χ2n) is 5.42. The SMILES string of the molecule is CCN(CC)C(C)CNC(=O)CNC(=O)c1ccc(C)cc1. The van der Waals surface area contributed by atoms with Crippen molar-refractivity contribution in [1.82, 2.24) is 15.5 Å². The molecule has 0 heterocycles. The Labute approximate surface area is 133 Å². The summed E-state index contributed by atoms with van der Waals surface area (Å²) in [7, 11) is 0. The van der Waals surface area contributed by atoms with Gasteiger partial charge in [-0.15, -0.1) is 0 Å². The number of carbonyl (C=O) groups is 2. The Hall–Kier alpha value is -1.88. The summed E-state index contributed by atoms with van der Waals surface area (Å²) in [5.41, 5.74) is 1.66. The molecule has 122 valence electrons. The second kappa shape index (κ2) is 9.20. The van der Waals surface area contributed by atoms with Gasteiger partial charge in [0.05, 0.1) is 6.54 Å². The molecule has 0 fully saturated rings. The summed E-state index contributed by atoms with van der Waals surface area (Å²) in [5, 5.41) is 5.49. The number of nitrogens with zero attached hydrogens (tertiary/aromatic N) is 1. The number of nitrogens with one attached hydrogen (secondary N) is 2. The summed E-state index contributed by atoms with van der Waals surface area (Å²) in [6.07, 6.45) is 0. The molecule has 0 saturated carbocycles. The first kappa shape index (κ1) is 18.2. The smallest absolute Gasteiger partial charge is 0.251 e. The predicted molar refractivity (Wildman–Crippen MR) is 88.9 cm³/mol. The number of hydrogen-bond donors (Lipinski definition) is 2. The monoisotopic (exact) mass is 305 g/mol. The molecular weight excluding hydrogens is 278 g/mol. The van der Waals surface area contributed by atoms with E-state index in [0.29, 0.717) is 12.1 Å². The van der Waals surface area contributed by atoms with E-state index in [-0.39, 0.29) is 24.4 Å². The molecule has 0 radical (unpaired) electrons. The predicted octanol–water partition coefficient (Wildman–Crippen LogP) is 1.57. The minimum absolute atomic E-state index is 0.00230. The standard InChI is InChI=1S/C17H27N3O2/c1-5-20(6-2)14(4)11-18-16(21)12-19-17(22)15-9-7-13(3)8-10-15/h7-10,14H,5-6,11-12H2,1-4H3,(H,18,21)(H,19,22). The fourth-order valence-corrected chi connectivity index (χ4v) is 2.27. The van der Waals surface area contributed by atoms with E-state index >= 15 is 0 Å². The van der Waals surface area contributed by atoms with Crippen LogP contribution in [0.15, 0.2) is 24.3 Å². The number of amides is 2. The van der Waals surface area contributed by atoms with Crippen molar-refractivity contribution < 1.29 is 9.59 Å². The molecule has 0 bridgehead atoms. The van der Waals surface area contributed by atoms with Crippen LogP contribution in [0.2, 0.25) is 0 Å². The van der Waals surface area contributed by atoms with E-state index in [1.807, 2.05) is 19.1 Å². The van der Waals surface area contributed by atoms with Crippen molar-refractivity contribution in [3.05, 3.63) is 35.4 Å². The van der Waals surface area contributed by atoms with Crippen LogP contribution in [0, 0.1) is 6.92 Å². The van der Waals surface area contributed by atoms with Crippen LogP contribution in [-0.2, 0) is 4.79 Å². The zero-order chi connectivity index (χ0) is 16.5. The maximum absolute atomic E-state index is 11.9. The highest BCUT2D eigenvalue weighted by Crippen LogP contribution is 2.02. The van der Waals surface area contributed by atoms with E-state index in [1.165, 1.54) is 0 Å². The molecule has 1 atom stereocenters. The Morgan fingerprint density at radius 3 is 2.23 bits per heavy atom. The van der Waals surface area contributed by atoms with Gasteiger partial charge >= 0.3 is 0 Å². The molecule has 1 rings (SSSR count). The highest BCUT2D eigenvalue weighted by atomic mass is 16.2. The van der Waals surface area contributed by atoms with Crippen LogP contribution in [-0.4, -0.2) is 48.9 Å². The summed E-state index contributed by atoms with van der Waals surface area (Å²) in [5.74, 6) is -0.397. The van der Waals surface area contributed by atoms with Crippen LogP contribution in [0.4, 0.5) is 0 Å². The number of rotatable bonds is 8. The minimum Gasteiger partial charge on any atom is -0.353 e. The molecule has 2 N–H and O–H groups in total. The lowest BCUT2D eigenvalue weighted by atomic mass is 10.1. The fourth-order valence-electron chi connectivity index (χ4n) is 2.27. The van der Waals surface area contributed by atoms with Crippen LogP contribution in [0.5, 0.6) is 0 Å². The van der Waals surface area contributed by atoms with Gasteiger partial charge in [-0.3, -0.25) is 14.5 Å². The molecule has 0 saturated heterocycles. The van der Waals surface area contributed by atoms with Gasteiger partial charge in [0, 0.05) is 18.2 Å². The third-order valence-corrected chi connectivity index (χ3v) is 3.75. The third-order valence-electron chi connectivity index (χ3n) is 3.75. The summed E-state index contributed by atoms with van der Waals surface area (Å²) in [4.78, 5) is 26.0. The van der Waals surface area contributed by atoms with Gasteiger partial charge < -0.3 is 10.6 Å². The Kier molecular flexibility index (Phi) is 7.60. The Morgan fingerprint density at radius 2 is 1.68 bits per heavy atom. The van der Waals surface area contributed by atoms with Gasteiger partial charge in [-0.1, -0.05) is 31.5 Å². The quantitative estimate of drug-likeness (QED) is 0.766. The molecule has 22 heavy (non-hydrogen) atoms. The average molecular weight is 305 g/mol. The van der Waals surface area contributed by atoms with E-state index in [9.17, 15) is 9.59 Å². The number of carbonyl (C=O) groups excluding carboxylic acids is 2. The maximum atomic E-state index is 11.9. The van der Waals surface area contributed by atoms with E-state index in [2.05, 4.69) is 36.3 Å². The topological polar surface area (TPSA) is 61.4 Å². The van der Waals surface area contributed by atoms with Crippen LogP contribution >= 0.6 is 0 Å². The molecule has 0 aromatic heterocycles. The van der Waals surface area contributed by atoms with Gasteiger partial charge in [-0.05, 0) is 39.1 Å². The third kappa shape index (κ3) is 5.85. The molecule has 0 aliphatic carbocycles. The minimum atomic E-state index is -0.230. The Bertz CT molecular complexity index is 481. The highest BCUT2D eigenvalue weighted by Gasteiger charge is 2.12. The molecule has 1 aromatic carbocycles. The summed E-state index contributed by atoms with van der Waals surface area (Å²) in [6, 6.07) is 7.55. The van der Waals surface area contributed by atoms with Crippen LogP contribution < -0.4 is 10.6 Å². The van der Waals surface area contributed by atoms with Gasteiger partial charge in [0.15, 0.2) is 0 Å². The van der Waals surface area contributed by atoms with E-state index in [4.69, 9.17) is 0 Å². The van der Waals surface area contributed by atoms with E-state index in [0.717, 1.165) is 18.7 Å². The fraction of sp³-hybridized carbons (Fsp3) is 0.529. The zero-order valence-electron chi connectivity index (χ0n) is 14.0. The van der Waals surface area contributed by atoms with Crippen molar-refractivity contribution in [2.24, 2.45) is 0 Å².